The summed E-state index contributed by atoms with van der Waals surface area (Å²) in [5, 5.41) is 42.6. The average Bonchev–Trinajstić information content (AvgIpc) is 1.45. The lowest BCUT2D eigenvalue weighted by atomic mass is 9.90. The van der Waals surface area contributed by atoms with Crippen molar-refractivity contribution in [1.82, 2.24) is 34.9 Å². The second-order valence-corrected chi connectivity index (χ2v) is 33.5. The van der Waals surface area contributed by atoms with Crippen LogP contribution in [0.4, 0.5) is 16.2 Å². The predicted molar refractivity (Wildman–Crippen MR) is 463 cm³/mol. The molecule has 0 bridgehead atoms. The number of sulfonamides is 1. The van der Waals surface area contributed by atoms with Gasteiger partial charge in [-0.1, -0.05) is 139 Å². The number of hydrogen-bond donors (Lipinski definition) is 6. The van der Waals surface area contributed by atoms with Crippen molar-refractivity contribution in [3.8, 4) is 23.1 Å². The van der Waals surface area contributed by atoms with Crippen LogP contribution in [0.2, 0.25) is 5.02 Å². The number of tetrazole rings is 1. The molecule has 4 heterocycles. The summed E-state index contributed by atoms with van der Waals surface area (Å²) in [7, 11) is -0.583. The molecule has 2 aliphatic carbocycles. The van der Waals surface area contributed by atoms with E-state index in [1.54, 1.807) is 79.7 Å². The molecule has 15 rings (SSSR count). The Morgan fingerprint density at radius 1 is 0.763 bits per heavy atom. The molecule has 0 spiro atoms. The first-order valence-corrected chi connectivity index (χ1v) is 42.1. The molecule has 25 heteroatoms. The van der Waals surface area contributed by atoms with Gasteiger partial charge in [0.1, 0.15) is 17.6 Å². The molecule has 1 atom stereocenters. The fraction of sp³-hybridized carbons (Fsp3) is 0.258. The van der Waals surface area contributed by atoms with Crippen LogP contribution in [-0.4, -0.2) is 98.3 Å². The van der Waals surface area contributed by atoms with Gasteiger partial charge in [0.25, 0.3) is 21.8 Å². The third-order valence-electron chi connectivity index (χ3n) is 20.9. The number of amides is 3. The summed E-state index contributed by atoms with van der Waals surface area (Å²) in [5.74, 6) is 0.479. The maximum absolute atomic E-state index is 12.9. The number of aromatic amines is 1. The number of fused-ring (bicyclic) bond motifs is 3. The van der Waals surface area contributed by atoms with Gasteiger partial charge < -0.3 is 38.7 Å². The lowest BCUT2D eigenvalue weighted by Crippen LogP contribution is -2.31. The number of pyridine rings is 1. The Morgan fingerprint density at radius 3 is 2.27 bits per heavy atom. The van der Waals surface area contributed by atoms with Crippen LogP contribution in [-0.2, 0) is 51.5 Å². The Kier molecular flexibility index (Phi) is 27.1. The van der Waals surface area contributed by atoms with Gasteiger partial charge in [0.15, 0.2) is 16.8 Å². The summed E-state index contributed by atoms with van der Waals surface area (Å²) in [6.07, 6.45) is 17.0. The number of H-pyrrole nitrogens is 1. The number of para-hydroxylation sites is 1. The number of aryl methyl sites for hydroxylation is 4. The summed E-state index contributed by atoms with van der Waals surface area (Å²) in [5.41, 5.74) is 11.4. The van der Waals surface area contributed by atoms with Gasteiger partial charge in [0.05, 0.1) is 52.9 Å². The summed E-state index contributed by atoms with van der Waals surface area (Å²) < 4.78 is 52.6. The van der Waals surface area contributed by atoms with E-state index in [1.165, 1.54) is 36.4 Å². The van der Waals surface area contributed by atoms with E-state index in [0.29, 0.717) is 57.4 Å². The van der Waals surface area contributed by atoms with Crippen LogP contribution in [0.25, 0.3) is 56.5 Å². The number of carbonyl (C=O) groups excluding carboxylic acids is 3. The number of rotatable bonds is 29. The number of carboxylic acids is 1. The summed E-state index contributed by atoms with van der Waals surface area (Å²) in [6, 6.07) is 67.1. The SMILES string of the molecule is CC(C)(O)c1ccccc1CC[C@@H](SCC1(CC(=O)O)CC1)c1cccc(/C=C/c2ccc3ccc(Cl)cc3n2)c1.COc1cc(C(=O)NS(=O)(=O)c2ccccc2C)ccc1Cc1cn(C)c2ccc(NC(=O)OC3CCCC3)cc12.O=C(Nc1cccc2c(=O)cc(-c3nn[nH]n3)oc12)c1ccc(OCCCCc2ccccc2)cc1. The average molecular weight is 1640 g/mol. The van der Waals surface area contributed by atoms with Crippen molar-refractivity contribution < 1.29 is 56.4 Å². The highest BCUT2D eigenvalue weighted by Crippen LogP contribution is 2.53. The molecule has 0 aliphatic heterocycles. The van der Waals surface area contributed by atoms with Crippen molar-refractivity contribution >= 4 is 114 Å². The summed E-state index contributed by atoms with van der Waals surface area (Å²) in [6.45, 7) is 5.94. The van der Waals surface area contributed by atoms with Crippen molar-refractivity contribution in [3.05, 3.63) is 301 Å². The van der Waals surface area contributed by atoms with Gasteiger partial charge in [0.2, 0.25) is 5.82 Å². The molecule has 118 heavy (non-hydrogen) atoms. The molecule has 4 aromatic heterocycles. The first-order chi connectivity index (χ1) is 56.9. The number of hydrogen-bond acceptors (Lipinski definition) is 17. The molecule has 2 saturated carbocycles. The zero-order valence-electron chi connectivity index (χ0n) is 66.1. The Bertz CT molecular complexity index is 5960. The number of halogens is 1. The molecule has 0 saturated heterocycles. The monoisotopic (exact) mass is 1640 g/mol. The molecule has 9 aromatic carbocycles. The smallest absolute Gasteiger partial charge is 0.411 e. The van der Waals surface area contributed by atoms with Crippen molar-refractivity contribution in [2.75, 3.05) is 30.1 Å². The predicted octanol–water partition coefficient (Wildman–Crippen LogP) is 19.3. The van der Waals surface area contributed by atoms with Gasteiger partial charge in [-0.25, -0.2) is 22.9 Å². The molecule has 606 valence electrons. The summed E-state index contributed by atoms with van der Waals surface area (Å²) in [4.78, 5) is 67.0. The van der Waals surface area contributed by atoms with E-state index in [0.717, 1.165) is 132 Å². The maximum Gasteiger partial charge on any atom is 0.411 e. The van der Waals surface area contributed by atoms with Gasteiger partial charge in [-0.3, -0.25) is 24.5 Å². The Balaban J connectivity index is 0.000000154. The molecule has 0 radical (unpaired) electrons. The van der Waals surface area contributed by atoms with Crippen LogP contribution >= 0.6 is 23.4 Å². The summed E-state index contributed by atoms with van der Waals surface area (Å²) >= 11 is 8.04. The highest BCUT2D eigenvalue weighted by Gasteiger charge is 2.45. The number of methoxy groups -OCH3 is 1. The Morgan fingerprint density at radius 2 is 1.52 bits per heavy atom. The van der Waals surface area contributed by atoms with Gasteiger partial charge in [-0.15, -0.1) is 10.2 Å². The van der Waals surface area contributed by atoms with E-state index >= 15 is 0 Å². The number of aliphatic carboxylic acids is 1. The van der Waals surface area contributed by atoms with E-state index in [4.69, 9.17) is 35.2 Å². The number of aromatic nitrogens is 6. The number of unbranched alkanes of at least 4 members (excludes halogenated alkanes) is 1. The lowest BCUT2D eigenvalue weighted by molar-refractivity contribution is -0.138. The fourth-order valence-corrected chi connectivity index (χ4v) is 17.5. The lowest BCUT2D eigenvalue weighted by Gasteiger charge is -2.24. The maximum atomic E-state index is 12.9. The van der Waals surface area contributed by atoms with E-state index < -0.39 is 33.6 Å². The topological polar surface area (TPSA) is 309 Å². The van der Waals surface area contributed by atoms with Gasteiger partial charge in [-0.2, -0.15) is 17.0 Å². The second-order valence-electron chi connectivity index (χ2n) is 30.2. The third-order valence-corrected chi connectivity index (χ3v) is 24.3. The third kappa shape index (κ3) is 22.1. The van der Waals surface area contributed by atoms with E-state index in [1.807, 2.05) is 128 Å². The molecular weight excluding hydrogens is 1550 g/mol. The number of thioether (sulfide) groups is 1. The molecular formula is C93H92ClN9O13S2. The van der Waals surface area contributed by atoms with Gasteiger partial charge in [-0.05, 0) is 244 Å². The quantitative estimate of drug-likeness (QED) is 0.0237. The highest BCUT2D eigenvalue weighted by atomic mass is 35.5. The van der Waals surface area contributed by atoms with Crippen LogP contribution in [0, 0.1) is 12.3 Å². The molecule has 22 nitrogen and oxygen atoms in total. The molecule has 3 amide bonds. The Hall–Kier alpha value is -12.2. The number of anilines is 2. The number of carboxylic acid groups (broad SMARTS) is 1. The van der Waals surface area contributed by atoms with Crippen molar-refractivity contribution in [3.63, 3.8) is 0 Å². The number of nitrogens with one attached hydrogen (secondary N) is 4. The minimum atomic E-state index is -4.04. The van der Waals surface area contributed by atoms with Crippen LogP contribution in [0.1, 0.15) is 154 Å². The molecule has 2 fully saturated rings. The van der Waals surface area contributed by atoms with Crippen LogP contribution < -0.4 is 30.3 Å². The first-order valence-electron chi connectivity index (χ1n) is 39.1. The van der Waals surface area contributed by atoms with Crippen LogP contribution in [0.15, 0.2) is 239 Å². The molecule has 6 N–H and O–H groups in total. The van der Waals surface area contributed by atoms with Crippen molar-refractivity contribution in [2.24, 2.45) is 12.5 Å². The van der Waals surface area contributed by atoms with Gasteiger partial charge in [0, 0.05) is 74.9 Å². The van der Waals surface area contributed by atoms with Crippen molar-refractivity contribution in [1.29, 1.82) is 0 Å². The normalized spacial score (nSPS) is 13.4. The van der Waals surface area contributed by atoms with Crippen LogP contribution in [0.3, 0.4) is 0 Å². The van der Waals surface area contributed by atoms with Crippen molar-refractivity contribution in [2.45, 2.75) is 126 Å². The molecule has 0 unspecified atom stereocenters. The minimum Gasteiger partial charge on any atom is -0.496 e. The van der Waals surface area contributed by atoms with Crippen LogP contribution in [0.5, 0.6) is 11.5 Å². The Labute approximate surface area is 693 Å². The van der Waals surface area contributed by atoms with E-state index in [-0.39, 0.29) is 62.2 Å². The number of nitrogens with zero attached hydrogens (tertiary/aromatic N) is 5. The number of ether oxygens (including phenoxy) is 3. The number of carbonyl (C=O) groups is 4. The van der Waals surface area contributed by atoms with E-state index in [2.05, 4.69) is 90.6 Å². The fourth-order valence-electron chi connectivity index (χ4n) is 14.5. The zero-order chi connectivity index (χ0) is 82.9. The second kappa shape index (κ2) is 38.2. The first kappa shape index (κ1) is 83.7. The minimum absolute atomic E-state index is 0.0221. The van der Waals surface area contributed by atoms with E-state index in [9.17, 15) is 42.6 Å². The standard InChI is InChI=1S/C35H36ClNO3S.C31H33N3O6S.C27H23N5O4/c1-34(2,40)30-9-4-3-7-25(30)13-17-32(41-23-35(18-19-35)22-33(38)39)27-8-5-6-24(20-27)10-15-29-16-12-26-11-14-28(36)21-31(26)37-29;1-20-8-4-7-11-29(20)41(37,38)33-30(35)22-13-12-21(28(17-22)39-3)16-23-19-34(2)27-15-14-24(18-26(23)27)32-31(36)40-25-9-5-6-10-25;33-23-17-24(26-29-31-32-30-26)36-25-21(23)10-6-11-22(25)28-27(34)19-12-14-20(15-13-19)35-16-5-4-9-18-7-2-1-3-8-18/h3-12,14-16,20-21,32,40H,13,17-19,22-23H2,1-2H3,(H,38,39);4,7-8,11-15,17-19,25H,5-6,9-10,16H2,1-3H3,(H,32,36)(H,33,35);1-3,6-8,10-15,17H,4-5,9,16H2,(H,28,34)(H,29,30,31,32)/b15-10+;;/t32-;;/m1../s1. The highest BCUT2D eigenvalue weighted by molar-refractivity contribution is 7.99. The molecule has 13 aromatic rings. The number of aliphatic hydroxyl groups is 1. The zero-order valence-corrected chi connectivity index (χ0v) is 68.5. The van der Waals surface area contributed by atoms with Gasteiger partial charge >= 0.3 is 12.1 Å². The largest absolute Gasteiger partial charge is 0.496 e. The molecule has 2 aliphatic rings. The number of benzene rings is 9.